The average Bonchev–Trinajstić information content (AvgIpc) is 2.81. The van der Waals surface area contributed by atoms with Crippen molar-refractivity contribution < 1.29 is 0 Å². The van der Waals surface area contributed by atoms with Gasteiger partial charge in [-0.05, 0) is 49.5 Å². The van der Waals surface area contributed by atoms with Crippen molar-refractivity contribution in [3.05, 3.63) is 77.2 Å². The first-order chi connectivity index (χ1) is 15.6. The zero-order valence-electron chi connectivity index (χ0n) is 18.8. The van der Waals surface area contributed by atoms with Crippen molar-refractivity contribution in [1.82, 2.24) is 14.9 Å². The topological polar surface area (TPSA) is 41.1 Å². The van der Waals surface area contributed by atoms with Gasteiger partial charge in [-0.3, -0.25) is 4.90 Å². The minimum atomic E-state index is 0.227. The Hall–Kier alpha value is -2.08. The van der Waals surface area contributed by atoms with Gasteiger partial charge in [0.25, 0.3) is 0 Å². The molecule has 0 radical (unpaired) electrons. The van der Waals surface area contributed by atoms with Gasteiger partial charge in [0.2, 0.25) is 0 Å². The second-order valence-electron chi connectivity index (χ2n) is 8.71. The maximum absolute atomic E-state index is 6.63. The molecule has 0 bridgehead atoms. The number of aromatic nitrogens is 2. The minimum absolute atomic E-state index is 0.227. The maximum Gasteiger partial charge on any atom is 0.148 e. The molecule has 0 spiro atoms. The molecule has 2 heterocycles. The number of hydrogen-bond acceptors (Lipinski definition) is 5. The molecular formula is C26H31ClN4S. The van der Waals surface area contributed by atoms with E-state index < -0.39 is 0 Å². The Balaban J connectivity index is 1.40. The molecule has 1 aliphatic rings. The maximum atomic E-state index is 6.63. The van der Waals surface area contributed by atoms with Crippen molar-refractivity contribution in [2.75, 3.05) is 25.0 Å². The van der Waals surface area contributed by atoms with E-state index in [0.717, 1.165) is 47.6 Å². The summed E-state index contributed by atoms with van der Waals surface area (Å²) in [4.78, 5) is 14.0. The standard InChI is InChI=1S/C26H31ClN4S/c1-19(2)25-29-24(27)23(32-22-11-7-4-8-12-22)26(30-25)28-17-20-13-15-31(16-14-20)18-21-9-5-3-6-10-21/h3-12,19-20H,13-18H2,1-2H3,(H,28,29,30). The molecule has 4 rings (SSSR count). The number of benzene rings is 2. The lowest BCUT2D eigenvalue weighted by Crippen LogP contribution is -2.35. The molecule has 3 aromatic rings. The highest BCUT2D eigenvalue weighted by molar-refractivity contribution is 7.99. The van der Waals surface area contributed by atoms with Crippen LogP contribution in [0, 0.1) is 5.92 Å². The van der Waals surface area contributed by atoms with E-state index in [9.17, 15) is 0 Å². The fourth-order valence-corrected chi connectivity index (χ4v) is 5.11. The molecule has 0 amide bonds. The largest absolute Gasteiger partial charge is 0.369 e. The van der Waals surface area contributed by atoms with Crippen molar-refractivity contribution >= 4 is 29.2 Å². The molecule has 0 unspecified atom stereocenters. The molecule has 6 heteroatoms. The van der Waals surface area contributed by atoms with Crippen LogP contribution in [0.1, 0.15) is 44.0 Å². The summed E-state index contributed by atoms with van der Waals surface area (Å²) in [6.45, 7) is 8.41. The number of halogens is 1. The minimum Gasteiger partial charge on any atom is -0.369 e. The summed E-state index contributed by atoms with van der Waals surface area (Å²) in [6, 6.07) is 21.0. The Morgan fingerprint density at radius 2 is 1.66 bits per heavy atom. The Labute approximate surface area is 200 Å². The van der Waals surface area contributed by atoms with E-state index in [1.165, 1.54) is 18.4 Å². The molecule has 4 nitrogen and oxygen atoms in total. The van der Waals surface area contributed by atoms with Gasteiger partial charge in [0.15, 0.2) is 0 Å². The number of nitrogens with zero attached hydrogens (tertiary/aromatic N) is 3. The van der Waals surface area contributed by atoms with E-state index in [1.54, 1.807) is 11.8 Å². The number of hydrogen-bond donors (Lipinski definition) is 1. The van der Waals surface area contributed by atoms with Crippen LogP contribution in [-0.4, -0.2) is 34.5 Å². The van der Waals surface area contributed by atoms with Crippen LogP contribution in [-0.2, 0) is 6.54 Å². The molecule has 0 atom stereocenters. The normalized spacial score (nSPS) is 15.2. The lowest BCUT2D eigenvalue weighted by Gasteiger charge is -2.32. The van der Waals surface area contributed by atoms with E-state index in [2.05, 4.69) is 71.5 Å². The van der Waals surface area contributed by atoms with Crippen LogP contribution in [0.15, 0.2) is 70.5 Å². The first-order valence-corrected chi connectivity index (χ1v) is 12.6. The highest BCUT2D eigenvalue weighted by Gasteiger charge is 2.21. The predicted molar refractivity (Wildman–Crippen MR) is 135 cm³/mol. The van der Waals surface area contributed by atoms with Gasteiger partial charge in [-0.2, -0.15) is 0 Å². The van der Waals surface area contributed by atoms with E-state index in [1.807, 2.05) is 18.2 Å². The molecule has 1 aliphatic heterocycles. The van der Waals surface area contributed by atoms with Crippen LogP contribution in [0.4, 0.5) is 5.82 Å². The first kappa shape index (κ1) is 23.1. The molecule has 0 aliphatic carbocycles. The molecular weight excluding hydrogens is 436 g/mol. The Kier molecular flexibility index (Phi) is 8.06. The fourth-order valence-electron chi connectivity index (χ4n) is 3.95. The second kappa shape index (κ2) is 11.2. The third-order valence-electron chi connectivity index (χ3n) is 5.84. The summed E-state index contributed by atoms with van der Waals surface area (Å²) >= 11 is 8.25. The van der Waals surface area contributed by atoms with Gasteiger partial charge in [-0.1, -0.05) is 85.7 Å². The molecule has 1 N–H and O–H groups in total. The third kappa shape index (κ3) is 6.25. The van der Waals surface area contributed by atoms with E-state index in [4.69, 9.17) is 16.6 Å². The van der Waals surface area contributed by atoms with Gasteiger partial charge in [-0.25, -0.2) is 9.97 Å². The van der Waals surface area contributed by atoms with Crippen LogP contribution >= 0.6 is 23.4 Å². The van der Waals surface area contributed by atoms with E-state index in [-0.39, 0.29) is 5.92 Å². The van der Waals surface area contributed by atoms with E-state index in [0.29, 0.717) is 11.1 Å². The summed E-state index contributed by atoms with van der Waals surface area (Å²) in [5.41, 5.74) is 1.39. The molecule has 1 saturated heterocycles. The monoisotopic (exact) mass is 466 g/mol. The Morgan fingerprint density at radius 1 is 1.00 bits per heavy atom. The number of rotatable bonds is 8. The van der Waals surface area contributed by atoms with Gasteiger partial charge in [0.1, 0.15) is 16.8 Å². The number of nitrogens with one attached hydrogen (secondary N) is 1. The summed E-state index contributed by atoms with van der Waals surface area (Å²) < 4.78 is 0. The number of anilines is 1. The van der Waals surface area contributed by atoms with Gasteiger partial charge >= 0.3 is 0 Å². The van der Waals surface area contributed by atoms with Crippen LogP contribution in [0.3, 0.4) is 0 Å². The van der Waals surface area contributed by atoms with E-state index >= 15 is 0 Å². The SMILES string of the molecule is CC(C)c1nc(Cl)c(Sc2ccccc2)c(NCC2CCN(Cc3ccccc3)CC2)n1. The quantitative estimate of drug-likeness (QED) is 0.373. The molecule has 1 aromatic heterocycles. The molecule has 168 valence electrons. The van der Waals surface area contributed by atoms with Crippen molar-refractivity contribution in [3.63, 3.8) is 0 Å². The zero-order valence-corrected chi connectivity index (χ0v) is 20.4. The second-order valence-corrected chi connectivity index (χ2v) is 10.1. The zero-order chi connectivity index (χ0) is 22.3. The van der Waals surface area contributed by atoms with Gasteiger partial charge in [0.05, 0.1) is 4.90 Å². The third-order valence-corrected chi connectivity index (χ3v) is 7.32. The lowest BCUT2D eigenvalue weighted by molar-refractivity contribution is 0.182. The van der Waals surface area contributed by atoms with Crippen LogP contribution in [0.5, 0.6) is 0 Å². The molecule has 32 heavy (non-hydrogen) atoms. The van der Waals surface area contributed by atoms with Gasteiger partial charge < -0.3 is 5.32 Å². The first-order valence-electron chi connectivity index (χ1n) is 11.4. The fraction of sp³-hybridized carbons (Fsp3) is 0.385. The summed E-state index contributed by atoms with van der Waals surface area (Å²) in [7, 11) is 0. The van der Waals surface area contributed by atoms with Crippen LogP contribution in [0.25, 0.3) is 0 Å². The van der Waals surface area contributed by atoms with Crippen molar-refractivity contribution in [2.45, 2.75) is 48.9 Å². The molecule has 0 saturated carbocycles. The molecule has 1 fully saturated rings. The smallest absolute Gasteiger partial charge is 0.148 e. The van der Waals surface area contributed by atoms with Crippen molar-refractivity contribution in [2.24, 2.45) is 5.92 Å². The van der Waals surface area contributed by atoms with Crippen molar-refractivity contribution in [3.8, 4) is 0 Å². The lowest BCUT2D eigenvalue weighted by atomic mass is 9.96. The van der Waals surface area contributed by atoms with Gasteiger partial charge in [0, 0.05) is 23.9 Å². The summed E-state index contributed by atoms with van der Waals surface area (Å²) in [5, 5.41) is 4.15. The highest BCUT2D eigenvalue weighted by atomic mass is 35.5. The Bertz CT molecular complexity index is 989. The number of likely N-dealkylation sites (tertiary alicyclic amines) is 1. The average molecular weight is 467 g/mol. The highest BCUT2D eigenvalue weighted by Crippen LogP contribution is 2.38. The van der Waals surface area contributed by atoms with Crippen LogP contribution < -0.4 is 5.32 Å². The molecule has 2 aromatic carbocycles. The predicted octanol–water partition coefficient (Wildman–Crippen LogP) is 6.73. The summed E-state index contributed by atoms with van der Waals surface area (Å²) in [5.74, 6) is 2.50. The van der Waals surface area contributed by atoms with Crippen molar-refractivity contribution in [1.29, 1.82) is 0 Å². The Morgan fingerprint density at radius 3 is 2.31 bits per heavy atom. The number of piperidine rings is 1. The summed E-state index contributed by atoms with van der Waals surface area (Å²) in [6.07, 6.45) is 2.38. The van der Waals surface area contributed by atoms with Gasteiger partial charge in [-0.15, -0.1) is 0 Å². The van der Waals surface area contributed by atoms with Crippen LogP contribution in [0.2, 0.25) is 5.15 Å².